The fraction of sp³-hybridized carbons (Fsp3) is 0.200. The molecule has 0 saturated carbocycles. The van der Waals surface area contributed by atoms with E-state index in [-0.39, 0.29) is 5.69 Å². The average molecular weight is 337 g/mol. The van der Waals surface area contributed by atoms with Gasteiger partial charge < -0.3 is 9.84 Å². The first kappa shape index (κ1) is 14.9. The van der Waals surface area contributed by atoms with Crippen molar-refractivity contribution < 1.29 is 14.6 Å². The van der Waals surface area contributed by atoms with Crippen LogP contribution in [-0.2, 0) is 0 Å². The smallest absolute Gasteiger partial charge is 0.356 e. The van der Waals surface area contributed by atoms with Crippen LogP contribution in [0.4, 0.5) is 0 Å². The molecule has 1 aromatic carbocycles. The summed E-state index contributed by atoms with van der Waals surface area (Å²) in [5, 5.41) is 11.6. The predicted molar refractivity (Wildman–Crippen MR) is 86.4 cm³/mol. The van der Waals surface area contributed by atoms with Gasteiger partial charge in [0.2, 0.25) is 0 Å². The molecule has 1 N–H and O–H groups in total. The lowest BCUT2D eigenvalue weighted by atomic mass is 10.1. The number of carbonyl (C=O) groups is 1. The standard InChI is InChI=1S/C15H13ClN2O3S/c1-3-21-13-4-8(2)10(16)5-9(13)12-7-22-15-17-11(14(19)20)6-18(12)15/h4-7H,3H2,1-2H3,(H,19,20). The molecule has 2 aromatic heterocycles. The first-order chi connectivity index (χ1) is 10.5. The Hall–Kier alpha value is -2.05. The maximum absolute atomic E-state index is 11.1. The molecule has 0 saturated heterocycles. The minimum absolute atomic E-state index is 0.0178. The lowest BCUT2D eigenvalue weighted by molar-refractivity contribution is 0.0691. The molecular formula is C15H13ClN2O3S. The minimum Gasteiger partial charge on any atom is -0.493 e. The number of halogens is 1. The molecule has 5 nitrogen and oxygen atoms in total. The first-order valence-corrected chi connectivity index (χ1v) is 7.90. The van der Waals surface area contributed by atoms with Gasteiger partial charge in [0.15, 0.2) is 10.7 Å². The van der Waals surface area contributed by atoms with Gasteiger partial charge in [-0.15, -0.1) is 11.3 Å². The summed E-state index contributed by atoms with van der Waals surface area (Å²) < 4.78 is 7.44. The lowest BCUT2D eigenvalue weighted by Gasteiger charge is -2.12. The number of carboxylic acid groups (broad SMARTS) is 1. The van der Waals surface area contributed by atoms with Gasteiger partial charge in [-0.25, -0.2) is 9.78 Å². The van der Waals surface area contributed by atoms with Gasteiger partial charge >= 0.3 is 5.97 Å². The first-order valence-electron chi connectivity index (χ1n) is 6.64. The highest BCUT2D eigenvalue weighted by Gasteiger charge is 2.17. The van der Waals surface area contributed by atoms with Crippen LogP contribution in [0.5, 0.6) is 5.75 Å². The van der Waals surface area contributed by atoms with Crippen LogP contribution >= 0.6 is 22.9 Å². The number of aryl methyl sites for hydroxylation is 1. The molecule has 0 aliphatic rings. The molecule has 2 heterocycles. The topological polar surface area (TPSA) is 63.8 Å². The second-order valence-corrected chi connectivity index (χ2v) is 5.98. The summed E-state index contributed by atoms with van der Waals surface area (Å²) in [6.45, 7) is 4.36. The molecule has 0 fully saturated rings. The van der Waals surface area contributed by atoms with Crippen LogP contribution < -0.4 is 4.74 Å². The summed E-state index contributed by atoms with van der Waals surface area (Å²) in [6, 6.07) is 3.73. The van der Waals surface area contributed by atoms with E-state index < -0.39 is 5.97 Å². The number of thiazole rings is 1. The maximum atomic E-state index is 11.1. The summed E-state index contributed by atoms with van der Waals surface area (Å²) >= 11 is 7.61. The summed E-state index contributed by atoms with van der Waals surface area (Å²) in [5.41, 5.74) is 2.57. The molecule has 3 aromatic rings. The van der Waals surface area contributed by atoms with E-state index in [2.05, 4.69) is 4.98 Å². The van der Waals surface area contributed by atoms with Crippen LogP contribution in [0.1, 0.15) is 23.0 Å². The van der Waals surface area contributed by atoms with Crippen molar-refractivity contribution in [1.82, 2.24) is 9.38 Å². The van der Waals surface area contributed by atoms with E-state index in [9.17, 15) is 4.79 Å². The highest BCUT2D eigenvalue weighted by molar-refractivity contribution is 7.15. The van der Waals surface area contributed by atoms with Crippen LogP contribution in [0.25, 0.3) is 16.2 Å². The van der Waals surface area contributed by atoms with Gasteiger partial charge in [-0.1, -0.05) is 11.6 Å². The van der Waals surface area contributed by atoms with Crippen LogP contribution in [0.3, 0.4) is 0 Å². The summed E-state index contributed by atoms with van der Waals surface area (Å²) in [7, 11) is 0. The van der Waals surface area contributed by atoms with Crippen molar-refractivity contribution in [2.45, 2.75) is 13.8 Å². The third-order valence-corrected chi connectivity index (χ3v) is 4.51. The van der Waals surface area contributed by atoms with E-state index in [1.165, 1.54) is 17.5 Å². The van der Waals surface area contributed by atoms with Gasteiger partial charge in [0.25, 0.3) is 0 Å². The Morgan fingerprint density at radius 3 is 2.95 bits per heavy atom. The number of fused-ring (bicyclic) bond motifs is 1. The molecule has 0 radical (unpaired) electrons. The molecule has 22 heavy (non-hydrogen) atoms. The fourth-order valence-corrected chi connectivity index (χ4v) is 3.25. The number of rotatable bonds is 4. The van der Waals surface area contributed by atoms with E-state index in [1.54, 1.807) is 4.40 Å². The molecule has 0 spiro atoms. The van der Waals surface area contributed by atoms with E-state index >= 15 is 0 Å². The predicted octanol–water partition coefficient (Wildman–Crippen LogP) is 4.12. The van der Waals surface area contributed by atoms with Crippen LogP contribution in [-0.4, -0.2) is 27.1 Å². The molecule has 0 aliphatic carbocycles. The molecule has 0 bridgehead atoms. The molecule has 114 valence electrons. The second kappa shape index (κ2) is 5.62. The molecule has 3 rings (SSSR count). The summed E-state index contributed by atoms with van der Waals surface area (Å²) in [5.74, 6) is -0.330. The SMILES string of the molecule is CCOc1cc(C)c(Cl)cc1-c1csc2nc(C(=O)O)cn12. The normalized spacial score (nSPS) is 11.0. The van der Waals surface area contributed by atoms with Crippen molar-refractivity contribution in [2.75, 3.05) is 6.61 Å². The van der Waals surface area contributed by atoms with Gasteiger partial charge in [0.05, 0.1) is 12.3 Å². The number of ether oxygens (including phenoxy) is 1. The second-order valence-electron chi connectivity index (χ2n) is 4.74. The zero-order valence-electron chi connectivity index (χ0n) is 12.0. The Bertz CT molecular complexity index is 869. The van der Waals surface area contributed by atoms with Gasteiger partial charge in [-0.3, -0.25) is 4.40 Å². The average Bonchev–Trinajstić information content (AvgIpc) is 3.03. The van der Waals surface area contributed by atoms with Crippen molar-refractivity contribution in [1.29, 1.82) is 0 Å². The van der Waals surface area contributed by atoms with Crippen molar-refractivity contribution >= 4 is 33.9 Å². The van der Waals surface area contributed by atoms with E-state index in [0.29, 0.717) is 16.6 Å². The van der Waals surface area contributed by atoms with Crippen molar-refractivity contribution in [3.63, 3.8) is 0 Å². The largest absolute Gasteiger partial charge is 0.493 e. The summed E-state index contributed by atoms with van der Waals surface area (Å²) in [6.07, 6.45) is 1.51. The number of imidazole rings is 1. The number of carboxylic acids is 1. The molecular weight excluding hydrogens is 324 g/mol. The van der Waals surface area contributed by atoms with E-state index in [0.717, 1.165) is 22.6 Å². The number of nitrogens with zero attached hydrogens (tertiary/aromatic N) is 2. The maximum Gasteiger partial charge on any atom is 0.356 e. The molecule has 0 unspecified atom stereocenters. The highest BCUT2D eigenvalue weighted by Crippen LogP contribution is 2.37. The Balaban J connectivity index is 2.22. The third-order valence-electron chi connectivity index (χ3n) is 3.26. The molecule has 0 aliphatic heterocycles. The monoisotopic (exact) mass is 336 g/mol. The molecule has 7 heteroatoms. The van der Waals surface area contributed by atoms with Crippen molar-refractivity contribution in [3.8, 4) is 17.0 Å². The van der Waals surface area contributed by atoms with Crippen LogP contribution in [0, 0.1) is 6.92 Å². The number of aromatic carboxylic acids is 1. The van der Waals surface area contributed by atoms with Gasteiger partial charge in [-0.2, -0.15) is 0 Å². The highest BCUT2D eigenvalue weighted by atomic mass is 35.5. The number of hydrogen-bond acceptors (Lipinski definition) is 4. The number of hydrogen-bond donors (Lipinski definition) is 1. The third kappa shape index (κ3) is 2.44. The van der Waals surface area contributed by atoms with Crippen LogP contribution in [0.2, 0.25) is 5.02 Å². The Morgan fingerprint density at radius 1 is 1.50 bits per heavy atom. The number of aromatic nitrogens is 2. The zero-order chi connectivity index (χ0) is 15.9. The molecule has 0 amide bonds. The fourth-order valence-electron chi connectivity index (χ4n) is 2.21. The van der Waals surface area contributed by atoms with Gasteiger partial charge in [-0.05, 0) is 31.5 Å². The van der Waals surface area contributed by atoms with Crippen LogP contribution in [0.15, 0.2) is 23.7 Å². The number of benzene rings is 1. The Morgan fingerprint density at radius 2 is 2.27 bits per heavy atom. The van der Waals surface area contributed by atoms with E-state index in [1.807, 2.05) is 31.4 Å². The Labute approximate surface area is 135 Å². The quantitative estimate of drug-likeness (QED) is 0.778. The van der Waals surface area contributed by atoms with Gasteiger partial charge in [0.1, 0.15) is 5.75 Å². The van der Waals surface area contributed by atoms with Crippen molar-refractivity contribution in [3.05, 3.63) is 40.0 Å². The minimum atomic E-state index is -1.05. The Kier molecular flexibility index (Phi) is 3.80. The summed E-state index contributed by atoms with van der Waals surface area (Å²) in [4.78, 5) is 15.8. The van der Waals surface area contributed by atoms with Gasteiger partial charge in [0, 0.05) is 22.2 Å². The lowest BCUT2D eigenvalue weighted by Crippen LogP contribution is -1.97. The van der Waals surface area contributed by atoms with E-state index in [4.69, 9.17) is 21.4 Å². The molecule has 0 atom stereocenters. The van der Waals surface area contributed by atoms with Crippen molar-refractivity contribution in [2.24, 2.45) is 0 Å². The zero-order valence-corrected chi connectivity index (χ0v) is 13.5.